The Balaban J connectivity index is 1.51. The van der Waals surface area contributed by atoms with Crippen molar-refractivity contribution in [1.29, 1.82) is 0 Å². The number of nitrogens with zero attached hydrogens (tertiary/aromatic N) is 1. The molecule has 2 fully saturated rings. The summed E-state index contributed by atoms with van der Waals surface area (Å²) in [5.74, 6) is 0.0954. The molecule has 126 valence electrons. The van der Waals surface area contributed by atoms with Gasteiger partial charge in [-0.3, -0.25) is 9.69 Å². The van der Waals surface area contributed by atoms with Gasteiger partial charge in [0.25, 0.3) is 5.91 Å². The SMILES string of the molecule is Cc1ccc(-c2ccsc2C(=O)N[C@@H]2CCN3CCCC[C@H]23)cc1. The Morgan fingerprint density at radius 1 is 1.12 bits per heavy atom. The zero-order valence-corrected chi connectivity index (χ0v) is 14.9. The summed E-state index contributed by atoms with van der Waals surface area (Å²) in [4.78, 5) is 16.3. The summed E-state index contributed by atoms with van der Waals surface area (Å²) in [6, 6.07) is 11.3. The Kier molecular flexibility index (Phi) is 4.42. The molecule has 0 saturated carbocycles. The van der Waals surface area contributed by atoms with Gasteiger partial charge in [-0.25, -0.2) is 0 Å². The van der Waals surface area contributed by atoms with E-state index in [1.54, 1.807) is 11.3 Å². The van der Waals surface area contributed by atoms with Gasteiger partial charge in [-0.15, -0.1) is 11.3 Å². The second-order valence-corrected chi connectivity index (χ2v) is 7.91. The summed E-state index contributed by atoms with van der Waals surface area (Å²) in [7, 11) is 0. The Hall–Kier alpha value is -1.65. The molecule has 1 aromatic carbocycles. The summed E-state index contributed by atoms with van der Waals surface area (Å²) in [5.41, 5.74) is 3.41. The van der Waals surface area contributed by atoms with Crippen LogP contribution in [0.25, 0.3) is 11.1 Å². The van der Waals surface area contributed by atoms with Crippen molar-refractivity contribution in [2.24, 2.45) is 0 Å². The maximum atomic E-state index is 12.9. The van der Waals surface area contributed by atoms with Gasteiger partial charge in [0, 0.05) is 24.2 Å². The van der Waals surface area contributed by atoms with Gasteiger partial charge in [-0.1, -0.05) is 36.2 Å². The molecule has 0 bridgehead atoms. The van der Waals surface area contributed by atoms with Crippen LogP contribution in [0.3, 0.4) is 0 Å². The molecule has 2 aliphatic heterocycles. The molecule has 24 heavy (non-hydrogen) atoms. The first-order valence-corrected chi connectivity index (χ1v) is 9.80. The predicted octanol–water partition coefficient (Wildman–Crippen LogP) is 4.08. The molecule has 0 radical (unpaired) electrons. The molecule has 1 amide bonds. The number of nitrogens with one attached hydrogen (secondary N) is 1. The van der Waals surface area contributed by atoms with Gasteiger partial charge in [-0.05, 0) is 49.7 Å². The van der Waals surface area contributed by atoms with E-state index in [0.29, 0.717) is 12.1 Å². The summed E-state index contributed by atoms with van der Waals surface area (Å²) >= 11 is 1.54. The highest BCUT2D eigenvalue weighted by atomic mass is 32.1. The van der Waals surface area contributed by atoms with Crippen LogP contribution in [0, 0.1) is 6.92 Å². The Bertz CT molecular complexity index is 721. The number of benzene rings is 1. The third kappa shape index (κ3) is 3.01. The van der Waals surface area contributed by atoms with Gasteiger partial charge in [0.15, 0.2) is 0 Å². The lowest BCUT2D eigenvalue weighted by atomic mass is 9.98. The number of thiophene rings is 1. The van der Waals surface area contributed by atoms with Crippen LogP contribution in [-0.4, -0.2) is 36.0 Å². The van der Waals surface area contributed by atoms with Crippen LogP contribution < -0.4 is 5.32 Å². The van der Waals surface area contributed by atoms with E-state index in [2.05, 4.69) is 47.5 Å². The molecule has 1 aromatic heterocycles. The lowest BCUT2D eigenvalue weighted by Gasteiger charge is -2.32. The minimum Gasteiger partial charge on any atom is -0.347 e. The number of aryl methyl sites for hydroxylation is 1. The average molecular weight is 340 g/mol. The highest BCUT2D eigenvalue weighted by Gasteiger charge is 2.36. The van der Waals surface area contributed by atoms with Gasteiger partial charge in [0.2, 0.25) is 0 Å². The number of hydrogen-bond acceptors (Lipinski definition) is 3. The number of carbonyl (C=O) groups excluding carboxylic acids is 1. The largest absolute Gasteiger partial charge is 0.347 e. The van der Waals surface area contributed by atoms with Gasteiger partial charge in [0.1, 0.15) is 0 Å². The van der Waals surface area contributed by atoms with Crippen LogP contribution in [0.1, 0.15) is 40.9 Å². The van der Waals surface area contributed by atoms with Crippen LogP contribution in [-0.2, 0) is 0 Å². The second kappa shape index (κ2) is 6.69. The van der Waals surface area contributed by atoms with Gasteiger partial charge in [-0.2, -0.15) is 0 Å². The molecule has 0 unspecified atom stereocenters. The number of hydrogen-bond donors (Lipinski definition) is 1. The molecule has 0 aliphatic carbocycles. The van der Waals surface area contributed by atoms with Crippen LogP contribution >= 0.6 is 11.3 Å². The van der Waals surface area contributed by atoms with Crippen LogP contribution in [0.4, 0.5) is 0 Å². The minimum atomic E-state index is 0.0954. The van der Waals surface area contributed by atoms with E-state index in [1.165, 1.54) is 31.4 Å². The van der Waals surface area contributed by atoms with E-state index in [9.17, 15) is 4.79 Å². The molecule has 2 aromatic rings. The molecule has 2 saturated heterocycles. The smallest absolute Gasteiger partial charge is 0.262 e. The van der Waals surface area contributed by atoms with Crippen molar-refractivity contribution in [1.82, 2.24) is 10.2 Å². The van der Waals surface area contributed by atoms with Crippen molar-refractivity contribution in [3.05, 3.63) is 46.2 Å². The van der Waals surface area contributed by atoms with Crippen molar-refractivity contribution in [2.75, 3.05) is 13.1 Å². The second-order valence-electron chi connectivity index (χ2n) is 7.00. The number of fused-ring (bicyclic) bond motifs is 1. The highest BCUT2D eigenvalue weighted by molar-refractivity contribution is 7.12. The van der Waals surface area contributed by atoms with E-state index in [1.807, 2.05) is 5.38 Å². The van der Waals surface area contributed by atoms with Crippen molar-refractivity contribution in [2.45, 2.75) is 44.7 Å². The van der Waals surface area contributed by atoms with E-state index >= 15 is 0 Å². The standard InChI is InChI=1S/C20H24N2OS/c1-14-5-7-15(8-6-14)16-10-13-24-19(16)20(23)21-17-9-12-22-11-3-2-4-18(17)22/h5-8,10,13,17-18H,2-4,9,11-12H2,1H3,(H,21,23)/t17-,18-/m1/s1. The normalized spacial score (nSPS) is 23.9. The summed E-state index contributed by atoms with van der Waals surface area (Å²) < 4.78 is 0. The van der Waals surface area contributed by atoms with Gasteiger partial charge >= 0.3 is 0 Å². The molecule has 4 heteroatoms. The molecule has 3 nitrogen and oxygen atoms in total. The zero-order chi connectivity index (χ0) is 16.5. The number of amides is 1. The first-order chi connectivity index (χ1) is 11.7. The molecule has 4 rings (SSSR count). The highest BCUT2D eigenvalue weighted by Crippen LogP contribution is 2.31. The van der Waals surface area contributed by atoms with E-state index in [4.69, 9.17) is 0 Å². The molecular weight excluding hydrogens is 316 g/mol. The molecule has 2 aliphatic rings. The lowest BCUT2D eigenvalue weighted by Crippen LogP contribution is -2.46. The molecular formula is C20H24N2OS. The predicted molar refractivity (Wildman–Crippen MR) is 99.6 cm³/mol. The summed E-state index contributed by atoms with van der Waals surface area (Å²) in [6.07, 6.45) is 4.91. The number of piperidine rings is 1. The summed E-state index contributed by atoms with van der Waals surface area (Å²) in [5, 5.41) is 5.35. The average Bonchev–Trinajstić information content (AvgIpc) is 3.23. The van der Waals surface area contributed by atoms with Crippen LogP contribution in [0.5, 0.6) is 0 Å². The van der Waals surface area contributed by atoms with Crippen LogP contribution in [0.2, 0.25) is 0 Å². The van der Waals surface area contributed by atoms with Gasteiger partial charge in [0.05, 0.1) is 4.88 Å². The van der Waals surface area contributed by atoms with E-state index < -0.39 is 0 Å². The fraction of sp³-hybridized carbons (Fsp3) is 0.450. The van der Waals surface area contributed by atoms with Crippen LogP contribution in [0.15, 0.2) is 35.7 Å². The molecule has 2 atom stereocenters. The fourth-order valence-corrected chi connectivity index (χ4v) is 4.91. The molecule has 3 heterocycles. The third-order valence-corrected chi connectivity index (χ3v) is 6.32. The maximum Gasteiger partial charge on any atom is 0.262 e. The van der Waals surface area contributed by atoms with Gasteiger partial charge < -0.3 is 5.32 Å². The quantitative estimate of drug-likeness (QED) is 0.913. The Morgan fingerprint density at radius 2 is 1.96 bits per heavy atom. The first-order valence-electron chi connectivity index (χ1n) is 8.92. The lowest BCUT2D eigenvalue weighted by molar-refractivity contribution is 0.0920. The first kappa shape index (κ1) is 15.9. The van der Waals surface area contributed by atoms with E-state index in [-0.39, 0.29) is 5.91 Å². The monoisotopic (exact) mass is 340 g/mol. The summed E-state index contributed by atoms with van der Waals surface area (Å²) in [6.45, 7) is 4.41. The molecule has 1 N–H and O–H groups in total. The van der Waals surface area contributed by atoms with Crippen molar-refractivity contribution < 1.29 is 4.79 Å². The Morgan fingerprint density at radius 3 is 2.79 bits per heavy atom. The number of rotatable bonds is 3. The van der Waals surface area contributed by atoms with Crippen molar-refractivity contribution >= 4 is 17.2 Å². The molecule has 0 spiro atoms. The third-order valence-electron chi connectivity index (χ3n) is 5.41. The zero-order valence-electron chi connectivity index (χ0n) is 14.1. The van der Waals surface area contributed by atoms with Crippen molar-refractivity contribution in [3.8, 4) is 11.1 Å². The van der Waals surface area contributed by atoms with Crippen molar-refractivity contribution in [3.63, 3.8) is 0 Å². The fourth-order valence-electron chi connectivity index (χ4n) is 4.10. The minimum absolute atomic E-state index is 0.0954. The number of carbonyl (C=O) groups is 1. The maximum absolute atomic E-state index is 12.9. The Labute approximate surface area is 147 Å². The topological polar surface area (TPSA) is 32.3 Å². The van der Waals surface area contributed by atoms with E-state index in [0.717, 1.165) is 29.0 Å².